The van der Waals surface area contributed by atoms with E-state index >= 15 is 0 Å². The standard InChI is InChI=1S/C18H24O2/c1-18-9-8-14-13-5-3-12(19)10-11(13)2-4-15(14)16(18)6-7-17(18)20/h2-3,5,10,13-17,19-20H,4,6-9H2,1H3/t13-,14+,15+,16-,17?,18-/m0/s1. The highest BCUT2D eigenvalue weighted by Crippen LogP contribution is 2.60. The summed E-state index contributed by atoms with van der Waals surface area (Å²) in [6.07, 6.45) is 13.9. The van der Waals surface area contributed by atoms with Crippen LogP contribution in [0.4, 0.5) is 0 Å². The molecule has 1 unspecified atom stereocenters. The van der Waals surface area contributed by atoms with E-state index in [0.29, 0.717) is 23.5 Å². The monoisotopic (exact) mass is 272 g/mol. The number of rotatable bonds is 0. The molecular formula is C18H24O2. The van der Waals surface area contributed by atoms with Crippen LogP contribution in [-0.2, 0) is 0 Å². The van der Waals surface area contributed by atoms with Crippen molar-refractivity contribution in [2.75, 3.05) is 0 Å². The van der Waals surface area contributed by atoms with Crippen LogP contribution in [0.1, 0.15) is 39.0 Å². The van der Waals surface area contributed by atoms with E-state index in [-0.39, 0.29) is 11.5 Å². The Morgan fingerprint density at radius 2 is 2.05 bits per heavy atom. The van der Waals surface area contributed by atoms with E-state index in [0.717, 1.165) is 25.2 Å². The van der Waals surface area contributed by atoms with Gasteiger partial charge in [-0.25, -0.2) is 0 Å². The van der Waals surface area contributed by atoms with Gasteiger partial charge in [0.1, 0.15) is 5.76 Å². The SMILES string of the molecule is C[C@]12CC[C@H]3[C@@H](CC=C4C=C(O)C=C[C@@H]43)[C@@H]1CCC2O. The zero-order valence-electron chi connectivity index (χ0n) is 12.1. The van der Waals surface area contributed by atoms with Crippen LogP contribution < -0.4 is 0 Å². The first-order valence-corrected chi connectivity index (χ1v) is 8.06. The number of allylic oxidation sites excluding steroid dienone is 5. The van der Waals surface area contributed by atoms with E-state index in [1.54, 1.807) is 0 Å². The minimum atomic E-state index is -0.0929. The highest BCUT2D eigenvalue weighted by Gasteiger charge is 2.55. The molecule has 4 rings (SSSR count). The summed E-state index contributed by atoms with van der Waals surface area (Å²) in [5.41, 5.74) is 1.47. The topological polar surface area (TPSA) is 40.5 Å². The van der Waals surface area contributed by atoms with Crippen LogP contribution in [0.3, 0.4) is 0 Å². The molecule has 0 aliphatic heterocycles. The highest BCUT2D eigenvalue weighted by molar-refractivity contribution is 5.38. The molecule has 0 aromatic rings. The molecule has 2 heteroatoms. The Hall–Kier alpha value is -1.02. The third-order valence-electron chi connectivity index (χ3n) is 6.70. The van der Waals surface area contributed by atoms with Gasteiger partial charge in [0.15, 0.2) is 0 Å². The maximum Gasteiger partial charge on any atom is 0.115 e. The Kier molecular flexibility index (Phi) is 2.69. The smallest absolute Gasteiger partial charge is 0.115 e. The lowest BCUT2D eigenvalue weighted by molar-refractivity contribution is -0.0402. The first kappa shape index (κ1) is 12.7. The molecule has 0 radical (unpaired) electrons. The molecule has 4 aliphatic carbocycles. The molecule has 4 aliphatic rings. The summed E-state index contributed by atoms with van der Waals surface area (Å²) in [4.78, 5) is 0. The molecule has 0 heterocycles. The quantitative estimate of drug-likeness (QED) is 0.705. The molecule has 0 spiro atoms. The summed E-state index contributed by atoms with van der Waals surface area (Å²) in [7, 11) is 0. The van der Waals surface area contributed by atoms with Crippen molar-refractivity contribution in [3.8, 4) is 0 Å². The van der Waals surface area contributed by atoms with Crippen molar-refractivity contribution in [3.05, 3.63) is 35.6 Å². The second kappa shape index (κ2) is 4.24. The summed E-state index contributed by atoms with van der Waals surface area (Å²) in [6.45, 7) is 2.31. The normalized spacial score (nSPS) is 49.8. The summed E-state index contributed by atoms with van der Waals surface area (Å²) in [6, 6.07) is 0. The van der Waals surface area contributed by atoms with Crippen LogP contribution in [0.25, 0.3) is 0 Å². The average Bonchev–Trinajstić information content (AvgIpc) is 2.74. The Balaban J connectivity index is 1.68. The van der Waals surface area contributed by atoms with E-state index in [9.17, 15) is 10.2 Å². The van der Waals surface area contributed by atoms with E-state index in [2.05, 4.69) is 19.1 Å². The van der Waals surface area contributed by atoms with Crippen molar-refractivity contribution in [1.29, 1.82) is 0 Å². The molecule has 2 nitrogen and oxygen atoms in total. The van der Waals surface area contributed by atoms with E-state index in [1.165, 1.54) is 18.4 Å². The maximum atomic E-state index is 10.4. The summed E-state index contributed by atoms with van der Waals surface area (Å²) >= 11 is 0. The van der Waals surface area contributed by atoms with E-state index in [1.807, 2.05) is 12.2 Å². The zero-order chi connectivity index (χ0) is 13.9. The van der Waals surface area contributed by atoms with Gasteiger partial charge in [0.05, 0.1) is 6.10 Å². The molecule has 2 N–H and O–H groups in total. The number of hydrogen-bond acceptors (Lipinski definition) is 2. The minimum absolute atomic E-state index is 0.0929. The number of aliphatic hydroxyl groups is 2. The first-order valence-electron chi connectivity index (χ1n) is 8.06. The second-order valence-electron chi connectivity index (χ2n) is 7.47. The molecule has 20 heavy (non-hydrogen) atoms. The maximum absolute atomic E-state index is 10.4. The van der Waals surface area contributed by atoms with Crippen LogP contribution in [-0.4, -0.2) is 16.3 Å². The number of hydrogen-bond donors (Lipinski definition) is 2. The zero-order valence-corrected chi connectivity index (χ0v) is 12.1. The van der Waals surface area contributed by atoms with Crippen molar-refractivity contribution < 1.29 is 10.2 Å². The van der Waals surface area contributed by atoms with Gasteiger partial charge in [0, 0.05) is 5.92 Å². The van der Waals surface area contributed by atoms with Gasteiger partial charge in [-0.3, -0.25) is 0 Å². The molecule has 108 valence electrons. The van der Waals surface area contributed by atoms with Gasteiger partial charge in [0.2, 0.25) is 0 Å². The van der Waals surface area contributed by atoms with Crippen LogP contribution in [0.2, 0.25) is 0 Å². The average molecular weight is 272 g/mol. The van der Waals surface area contributed by atoms with Gasteiger partial charge in [-0.05, 0) is 73.0 Å². The Morgan fingerprint density at radius 1 is 1.20 bits per heavy atom. The lowest BCUT2D eigenvalue weighted by Crippen LogP contribution is -2.46. The Bertz CT molecular complexity index is 516. The molecule has 0 saturated heterocycles. The lowest BCUT2D eigenvalue weighted by Gasteiger charge is -2.51. The summed E-state index contributed by atoms with van der Waals surface area (Å²) in [5.74, 6) is 2.99. The van der Waals surface area contributed by atoms with Crippen molar-refractivity contribution in [2.45, 2.75) is 45.1 Å². The van der Waals surface area contributed by atoms with Crippen molar-refractivity contribution >= 4 is 0 Å². The molecule has 0 aromatic heterocycles. The largest absolute Gasteiger partial charge is 0.508 e. The summed E-state index contributed by atoms with van der Waals surface area (Å²) in [5, 5.41) is 20.0. The van der Waals surface area contributed by atoms with E-state index < -0.39 is 0 Å². The molecule has 0 bridgehead atoms. The van der Waals surface area contributed by atoms with Crippen molar-refractivity contribution in [1.82, 2.24) is 0 Å². The second-order valence-corrected chi connectivity index (χ2v) is 7.47. The third kappa shape index (κ3) is 1.60. The predicted molar refractivity (Wildman–Crippen MR) is 79.1 cm³/mol. The molecule has 0 amide bonds. The molecule has 2 fully saturated rings. The molecule has 2 saturated carbocycles. The fourth-order valence-corrected chi connectivity index (χ4v) is 5.56. The number of aliphatic hydroxyl groups excluding tert-OH is 2. The first-order chi connectivity index (χ1) is 9.59. The van der Waals surface area contributed by atoms with Gasteiger partial charge < -0.3 is 10.2 Å². The molecular weight excluding hydrogens is 248 g/mol. The Morgan fingerprint density at radius 3 is 2.90 bits per heavy atom. The lowest BCUT2D eigenvalue weighted by atomic mass is 9.54. The predicted octanol–water partition coefficient (Wildman–Crippen LogP) is 3.75. The van der Waals surface area contributed by atoms with Crippen molar-refractivity contribution in [3.63, 3.8) is 0 Å². The minimum Gasteiger partial charge on any atom is -0.508 e. The van der Waals surface area contributed by atoms with Crippen LogP contribution in [0.5, 0.6) is 0 Å². The van der Waals surface area contributed by atoms with Gasteiger partial charge in [-0.1, -0.05) is 19.1 Å². The van der Waals surface area contributed by atoms with Crippen LogP contribution in [0, 0.1) is 29.1 Å². The van der Waals surface area contributed by atoms with Gasteiger partial charge in [-0.15, -0.1) is 0 Å². The third-order valence-corrected chi connectivity index (χ3v) is 6.70. The fourth-order valence-electron chi connectivity index (χ4n) is 5.56. The molecule has 0 aromatic carbocycles. The fraction of sp³-hybridized carbons (Fsp3) is 0.667. The van der Waals surface area contributed by atoms with Gasteiger partial charge in [-0.2, -0.15) is 0 Å². The van der Waals surface area contributed by atoms with Crippen LogP contribution >= 0.6 is 0 Å². The summed E-state index contributed by atoms with van der Waals surface area (Å²) < 4.78 is 0. The van der Waals surface area contributed by atoms with Gasteiger partial charge >= 0.3 is 0 Å². The van der Waals surface area contributed by atoms with Crippen molar-refractivity contribution in [2.24, 2.45) is 29.1 Å². The molecule has 6 atom stereocenters. The number of fused-ring (bicyclic) bond motifs is 5. The Labute approximate surface area is 120 Å². The highest BCUT2D eigenvalue weighted by atomic mass is 16.3. The van der Waals surface area contributed by atoms with E-state index in [4.69, 9.17) is 0 Å². The van der Waals surface area contributed by atoms with Gasteiger partial charge in [0.25, 0.3) is 0 Å². The van der Waals surface area contributed by atoms with Crippen LogP contribution in [0.15, 0.2) is 35.6 Å².